The third-order valence-corrected chi connectivity index (χ3v) is 4.81. The van der Waals surface area contributed by atoms with Gasteiger partial charge < -0.3 is 4.57 Å². The van der Waals surface area contributed by atoms with E-state index in [0.29, 0.717) is 0 Å². The summed E-state index contributed by atoms with van der Waals surface area (Å²) in [5, 5.41) is 0. The Morgan fingerprint density at radius 2 is 1.76 bits per heavy atom. The van der Waals surface area contributed by atoms with Gasteiger partial charge in [0.05, 0.1) is 0 Å². The molecule has 1 heterocycles. The minimum absolute atomic E-state index is 1.02. The summed E-state index contributed by atoms with van der Waals surface area (Å²) in [7, 11) is 9.83. The highest BCUT2D eigenvalue weighted by Crippen LogP contribution is 1.98. The van der Waals surface area contributed by atoms with E-state index in [1.165, 1.54) is 31.1 Å². The molecule has 1 aromatic carbocycles. The van der Waals surface area contributed by atoms with Gasteiger partial charge in [0.1, 0.15) is 15.7 Å². The molecule has 0 saturated carbocycles. The Kier molecular flexibility index (Phi) is 3.81. The molecule has 2 rings (SSSR count). The van der Waals surface area contributed by atoms with Crippen LogP contribution < -0.4 is 27.6 Å². The highest BCUT2D eigenvalue weighted by Gasteiger charge is 2.13. The zero-order valence-corrected chi connectivity index (χ0v) is 13.0. The van der Waals surface area contributed by atoms with Crippen LogP contribution in [0.15, 0.2) is 24.3 Å². The molecule has 2 aromatic rings. The minimum Gasteiger partial charge on any atom is -0.370 e. The number of halogens is 1. The maximum Gasteiger partial charge on any atom is 0.214 e. The molecule has 0 atom stereocenters. The van der Waals surface area contributed by atoms with Crippen LogP contribution in [0, 0.1) is 3.57 Å². The van der Waals surface area contributed by atoms with Crippen molar-refractivity contribution in [3.05, 3.63) is 27.8 Å². The van der Waals surface area contributed by atoms with E-state index in [1.807, 2.05) is 0 Å². The molecular weight excluding hydrogens is 316 g/mol. The second-order valence-corrected chi connectivity index (χ2v) is 5.77. The fourth-order valence-corrected chi connectivity index (χ4v) is 2.84. The molecule has 0 fully saturated rings. The summed E-state index contributed by atoms with van der Waals surface area (Å²) in [4.78, 5) is 0. The van der Waals surface area contributed by atoms with Crippen LogP contribution in [-0.4, -0.2) is 35.4 Å². The zero-order chi connectivity index (χ0) is 12.6. The highest BCUT2D eigenvalue weighted by atomic mass is 127. The van der Waals surface area contributed by atoms with Gasteiger partial charge >= 0.3 is 0 Å². The second kappa shape index (κ2) is 5.01. The summed E-state index contributed by atoms with van der Waals surface area (Å²) in [6.45, 7) is 0. The molecule has 0 unspecified atom stereocenters. The fourth-order valence-electron chi connectivity index (χ4n) is 2.27. The number of benzene rings is 1. The van der Waals surface area contributed by atoms with Crippen LogP contribution in [0.4, 0.5) is 0 Å². The second-order valence-electron chi connectivity index (χ2n) is 4.61. The van der Waals surface area contributed by atoms with Crippen molar-refractivity contribution in [2.45, 2.75) is 0 Å². The Bertz CT molecular complexity index is 539. The lowest BCUT2D eigenvalue weighted by Gasteiger charge is -2.08. The Hall–Kier alpha value is -0.510. The molecule has 0 radical (unpaired) electrons. The van der Waals surface area contributed by atoms with E-state index in [-0.39, 0.29) is 0 Å². The molecule has 0 aliphatic rings. The van der Waals surface area contributed by atoms with Gasteiger partial charge in [-0.2, -0.15) is 0 Å². The maximum absolute atomic E-state index is 2.42. The molecule has 0 aliphatic carbocycles. The first kappa shape index (κ1) is 12.9. The first-order valence-corrected chi connectivity index (χ1v) is 6.95. The molecule has 0 aliphatic heterocycles. The Balaban J connectivity index is 2.44. The van der Waals surface area contributed by atoms with E-state index < -0.39 is 0 Å². The van der Waals surface area contributed by atoms with Gasteiger partial charge in [0.2, 0.25) is 7.28 Å². The SMILES string of the molecule is Bc1c(B)c(Bc2ccccc2I)n(C)c1B. The summed E-state index contributed by atoms with van der Waals surface area (Å²) in [5.41, 5.74) is 7.09. The Morgan fingerprint density at radius 3 is 2.29 bits per heavy atom. The molecule has 1 nitrogen and oxygen atoms in total. The van der Waals surface area contributed by atoms with Crippen LogP contribution in [0.1, 0.15) is 0 Å². The summed E-state index contributed by atoms with van der Waals surface area (Å²) in [6.07, 6.45) is 0. The first-order valence-electron chi connectivity index (χ1n) is 5.87. The summed E-state index contributed by atoms with van der Waals surface area (Å²) in [5.74, 6) is 0. The third kappa shape index (κ3) is 2.37. The van der Waals surface area contributed by atoms with Gasteiger partial charge in [-0.1, -0.05) is 34.6 Å². The van der Waals surface area contributed by atoms with E-state index in [0.717, 1.165) is 7.28 Å². The maximum atomic E-state index is 2.42. The molecule has 0 spiro atoms. The number of hydrogen-bond acceptors (Lipinski definition) is 0. The van der Waals surface area contributed by atoms with Crippen molar-refractivity contribution < 1.29 is 0 Å². The monoisotopic (exact) mass is 331 g/mol. The molecule has 0 amide bonds. The lowest BCUT2D eigenvalue weighted by Crippen LogP contribution is -2.44. The van der Waals surface area contributed by atoms with Gasteiger partial charge in [-0.15, -0.1) is 0 Å². The average molecular weight is 330 g/mol. The first-order chi connectivity index (χ1) is 8.02. The van der Waals surface area contributed by atoms with Crippen molar-refractivity contribution in [1.82, 2.24) is 4.57 Å². The minimum atomic E-state index is 1.02. The predicted octanol–water partition coefficient (Wildman–Crippen LogP) is -4.21. The largest absolute Gasteiger partial charge is 0.370 e. The van der Waals surface area contributed by atoms with Crippen LogP contribution in [0.5, 0.6) is 0 Å². The smallest absolute Gasteiger partial charge is 0.214 e. The van der Waals surface area contributed by atoms with Gasteiger partial charge in [-0.3, -0.25) is 0 Å². The van der Waals surface area contributed by atoms with Crippen LogP contribution in [0.25, 0.3) is 0 Å². The van der Waals surface area contributed by atoms with Gasteiger partial charge in [0.15, 0.2) is 7.85 Å². The third-order valence-electron chi connectivity index (χ3n) is 3.76. The molecule has 1 aromatic heterocycles. The van der Waals surface area contributed by atoms with E-state index >= 15 is 0 Å². The van der Waals surface area contributed by atoms with E-state index in [9.17, 15) is 0 Å². The highest BCUT2D eigenvalue weighted by molar-refractivity contribution is 14.1. The lowest BCUT2D eigenvalue weighted by atomic mass is 9.62. The molecule has 17 heavy (non-hydrogen) atoms. The topological polar surface area (TPSA) is 4.93 Å². The van der Waals surface area contributed by atoms with Crippen LogP contribution >= 0.6 is 22.6 Å². The van der Waals surface area contributed by atoms with Gasteiger partial charge in [0.25, 0.3) is 0 Å². The van der Waals surface area contributed by atoms with Gasteiger partial charge in [-0.05, 0) is 39.8 Å². The van der Waals surface area contributed by atoms with Crippen LogP contribution in [0.2, 0.25) is 0 Å². The van der Waals surface area contributed by atoms with Crippen molar-refractivity contribution in [1.29, 1.82) is 0 Å². The van der Waals surface area contributed by atoms with Crippen molar-refractivity contribution in [3.8, 4) is 0 Å². The predicted molar refractivity (Wildman–Crippen MR) is 95.5 cm³/mol. The van der Waals surface area contributed by atoms with Crippen molar-refractivity contribution in [2.24, 2.45) is 7.05 Å². The molecule has 6 heteroatoms. The molecular formula is C11H14B4IN. The van der Waals surface area contributed by atoms with Crippen LogP contribution in [-0.2, 0) is 7.05 Å². The van der Waals surface area contributed by atoms with E-state index in [2.05, 4.69) is 82.0 Å². The Labute approximate surface area is 120 Å². The number of aromatic nitrogens is 1. The summed E-state index contributed by atoms with van der Waals surface area (Å²) < 4.78 is 3.68. The molecule has 0 bridgehead atoms. The number of rotatable bonds is 2. The summed E-state index contributed by atoms with van der Waals surface area (Å²) >= 11 is 2.42. The van der Waals surface area contributed by atoms with Crippen molar-refractivity contribution in [3.63, 3.8) is 0 Å². The number of hydrogen-bond donors (Lipinski definition) is 0. The fraction of sp³-hybridized carbons (Fsp3) is 0.0909. The number of nitrogens with zero attached hydrogens (tertiary/aromatic N) is 1. The van der Waals surface area contributed by atoms with Gasteiger partial charge in [-0.25, -0.2) is 0 Å². The van der Waals surface area contributed by atoms with Crippen LogP contribution in [0.3, 0.4) is 0 Å². The summed E-state index contributed by atoms with van der Waals surface area (Å²) in [6, 6.07) is 8.61. The Morgan fingerprint density at radius 1 is 1.12 bits per heavy atom. The van der Waals surface area contributed by atoms with Crippen molar-refractivity contribution in [2.75, 3.05) is 0 Å². The van der Waals surface area contributed by atoms with Gasteiger partial charge in [0, 0.05) is 10.6 Å². The molecule has 0 saturated heterocycles. The quantitative estimate of drug-likeness (QED) is 0.389. The zero-order valence-electron chi connectivity index (χ0n) is 10.8. The van der Waals surface area contributed by atoms with E-state index in [4.69, 9.17) is 0 Å². The normalized spacial score (nSPS) is 10.5. The van der Waals surface area contributed by atoms with Crippen molar-refractivity contribution >= 4 is 81.0 Å². The molecule has 82 valence electrons. The van der Waals surface area contributed by atoms with E-state index in [1.54, 1.807) is 0 Å². The average Bonchev–Trinajstić information content (AvgIpc) is 2.50. The molecule has 0 N–H and O–H groups in total. The lowest BCUT2D eigenvalue weighted by molar-refractivity contribution is 0.994. The standard InChI is InChI=1S/C11H14B4IN/c1-17-10(14)8(12)9(13)11(17)15-6-4-2-3-5-7(6)16/h2-5,15H,12-14H2,1H3.